The number of benzene rings is 2. The van der Waals surface area contributed by atoms with Gasteiger partial charge in [-0.2, -0.15) is 0 Å². The van der Waals surface area contributed by atoms with Crippen molar-refractivity contribution in [1.29, 1.82) is 0 Å². The van der Waals surface area contributed by atoms with E-state index in [1.807, 2.05) is 12.1 Å². The molecule has 0 amide bonds. The van der Waals surface area contributed by atoms with Crippen molar-refractivity contribution in [3.63, 3.8) is 0 Å². The van der Waals surface area contributed by atoms with Gasteiger partial charge in [-0.3, -0.25) is 4.99 Å². The standard InChI is InChI=1S/C20H25N3O2.HI/c1-21-20(22-12-15-7-9-16(10-8-15)14-24-2)23-13-18-11-17-5-3-4-6-19(17)25-18;/h3-10,18H,11-14H2,1-2H3,(H2,21,22,23);1H. The summed E-state index contributed by atoms with van der Waals surface area (Å²) < 4.78 is 11.1. The molecule has 1 unspecified atom stereocenters. The molecule has 0 aliphatic carbocycles. The van der Waals surface area contributed by atoms with Crippen LogP contribution in [-0.2, 0) is 24.3 Å². The predicted molar refractivity (Wildman–Crippen MR) is 115 cm³/mol. The lowest BCUT2D eigenvalue weighted by molar-refractivity contribution is 0.185. The number of ether oxygens (including phenoxy) is 2. The number of hydrogen-bond acceptors (Lipinski definition) is 3. The average molecular weight is 467 g/mol. The number of rotatable bonds is 6. The summed E-state index contributed by atoms with van der Waals surface area (Å²) in [4.78, 5) is 4.28. The first-order chi connectivity index (χ1) is 12.3. The summed E-state index contributed by atoms with van der Waals surface area (Å²) in [6, 6.07) is 16.6. The van der Waals surface area contributed by atoms with E-state index in [0.717, 1.165) is 31.2 Å². The first-order valence-corrected chi connectivity index (χ1v) is 8.54. The fourth-order valence-corrected chi connectivity index (χ4v) is 2.90. The van der Waals surface area contributed by atoms with Crippen molar-refractivity contribution in [3.8, 4) is 5.75 Å². The van der Waals surface area contributed by atoms with E-state index in [2.05, 4.69) is 52.0 Å². The van der Waals surface area contributed by atoms with Crippen LogP contribution in [0.1, 0.15) is 16.7 Å². The number of halogens is 1. The lowest BCUT2D eigenvalue weighted by atomic mass is 10.1. The van der Waals surface area contributed by atoms with Gasteiger partial charge in [-0.15, -0.1) is 24.0 Å². The van der Waals surface area contributed by atoms with Crippen LogP contribution in [0.2, 0.25) is 0 Å². The van der Waals surface area contributed by atoms with Crippen molar-refractivity contribution in [3.05, 3.63) is 65.2 Å². The van der Waals surface area contributed by atoms with Gasteiger partial charge in [0.05, 0.1) is 13.2 Å². The summed E-state index contributed by atoms with van der Waals surface area (Å²) in [5, 5.41) is 6.68. The zero-order valence-electron chi connectivity index (χ0n) is 15.2. The van der Waals surface area contributed by atoms with Crippen LogP contribution in [0.5, 0.6) is 5.75 Å². The molecule has 6 heteroatoms. The van der Waals surface area contributed by atoms with Crippen LogP contribution in [0.3, 0.4) is 0 Å². The fraction of sp³-hybridized carbons (Fsp3) is 0.350. The molecule has 26 heavy (non-hydrogen) atoms. The highest BCUT2D eigenvalue weighted by molar-refractivity contribution is 14.0. The maximum atomic E-state index is 5.94. The highest BCUT2D eigenvalue weighted by atomic mass is 127. The van der Waals surface area contributed by atoms with E-state index in [9.17, 15) is 0 Å². The van der Waals surface area contributed by atoms with Crippen LogP contribution in [0.15, 0.2) is 53.5 Å². The number of fused-ring (bicyclic) bond motifs is 1. The van der Waals surface area contributed by atoms with Crippen molar-refractivity contribution in [2.24, 2.45) is 4.99 Å². The van der Waals surface area contributed by atoms with Crippen molar-refractivity contribution in [2.45, 2.75) is 25.7 Å². The van der Waals surface area contributed by atoms with Gasteiger partial charge in [0.1, 0.15) is 11.9 Å². The van der Waals surface area contributed by atoms with Crippen LogP contribution < -0.4 is 15.4 Å². The summed E-state index contributed by atoms with van der Waals surface area (Å²) in [5.41, 5.74) is 3.65. The monoisotopic (exact) mass is 467 g/mol. The Hall–Kier alpha value is -1.80. The fourth-order valence-electron chi connectivity index (χ4n) is 2.90. The van der Waals surface area contributed by atoms with Gasteiger partial charge in [0, 0.05) is 27.1 Å². The first kappa shape index (κ1) is 20.5. The van der Waals surface area contributed by atoms with Crippen molar-refractivity contribution < 1.29 is 9.47 Å². The highest BCUT2D eigenvalue weighted by Gasteiger charge is 2.22. The van der Waals surface area contributed by atoms with Crippen LogP contribution in [0.4, 0.5) is 0 Å². The topological polar surface area (TPSA) is 54.9 Å². The molecule has 140 valence electrons. The molecule has 0 spiro atoms. The third-order valence-electron chi connectivity index (χ3n) is 4.23. The lowest BCUT2D eigenvalue weighted by Gasteiger charge is -2.15. The molecule has 1 heterocycles. The third kappa shape index (κ3) is 5.60. The number of guanidine groups is 1. The van der Waals surface area contributed by atoms with Crippen molar-refractivity contribution in [1.82, 2.24) is 10.6 Å². The van der Waals surface area contributed by atoms with Gasteiger partial charge >= 0.3 is 0 Å². The highest BCUT2D eigenvalue weighted by Crippen LogP contribution is 2.27. The Labute approximate surface area is 172 Å². The minimum Gasteiger partial charge on any atom is -0.488 e. The second-order valence-corrected chi connectivity index (χ2v) is 6.11. The molecule has 0 radical (unpaired) electrons. The zero-order chi connectivity index (χ0) is 17.5. The van der Waals surface area contributed by atoms with Crippen LogP contribution in [-0.4, -0.2) is 32.8 Å². The number of nitrogens with one attached hydrogen (secondary N) is 2. The number of para-hydroxylation sites is 1. The summed E-state index contributed by atoms with van der Waals surface area (Å²) >= 11 is 0. The molecule has 0 saturated carbocycles. The molecule has 0 aromatic heterocycles. The van der Waals surface area contributed by atoms with Gasteiger partial charge in [0.25, 0.3) is 0 Å². The van der Waals surface area contributed by atoms with Crippen LogP contribution in [0.25, 0.3) is 0 Å². The molecular formula is C20H26IN3O2. The Balaban J connectivity index is 0.00000243. The predicted octanol–water partition coefficient (Wildman–Crippen LogP) is 3.12. The van der Waals surface area contributed by atoms with Crippen LogP contribution in [0, 0.1) is 0 Å². The van der Waals surface area contributed by atoms with Crippen LogP contribution >= 0.6 is 24.0 Å². The second kappa shape index (κ2) is 10.4. The second-order valence-electron chi connectivity index (χ2n) is 6.11. The number of methoxy groups -OCH3 is 1. The number of nitrogens with zero attached hydrogens (tertiary/aromatic N) is 1. The molecule has 1 aliphatic heterocycles. The molecular weight excluding hydrogens is 441 g/mol. The molecule has 3 rings (SSSR count). The maximum absolute atomic E-state index is 5.94. The third-order valence-corrected chi connectivity index (χ3v) is 4.23. The van der Waals surface area contributed by atoms with E-state index in [1.165, 1.54) is 16.7 Å². The SMILES string of the molecule is CN=C(NCc1ccc(COC)cc1)NCC1Cc2ccccc2O1.I. The number of hydrogen-bond donors (Lipinski definition) is 2. The van der Waals surface area contributed by atoms with Gasteiger partial charge in [0.2, 0.25) is 0 Å². The summed E-state index contributed by atoms with van der Waals surface area (Å²) in [5.74, 6) is 1.77. The van der Waals surface area contributed by atoms with Gasteiger partial charge in [-0.05, 0) is 22.8 Å². The normalized spacial score (nSPS) is 15.6. The Bertz CT molecular complexity index is 694. The van der Waals surface area contributed by atoms with Crippen molar-refractivity contribution >= 4 is 29.9 Å². The molecule has 2 aromatic carbocycles. The Morgan fingerprint density at radius 1 is 1.12 bits per heavy atom. The molecule has 1 atom stereocenters. The zero-order valence-corrected chi connectivity index (χ0v) is 17.5. The molecule has 0 bridgehead atoms. The molecule has 2 aromatic rings. The first-order valence-electron chi connectivity index (χ1n) is 8.54. The molecule has 2 N–H and O–H groups in total. The average Bonchev–Trinajstić information content (AvgIpc) is 3.06. The quantitative estimate of drug-likeness (QED) is 0.390. The van der Waals surface area contributed by atoms with E-state index in [1.54, 1.807) is 14.2 Å². The summed E-state index contributed by atoms with van der Waals surface area (Å²) in [7, 11) is 3.49. The molecule has 0 fully saturated rings. The lowest BCUT2D eigenvalue weighted by Crippen LogP contribution is -2.41. The van der Waals surface area contributed by atoms with Gasteiger partial charge < -0.3 is 20.1 Å². The number of aliphatic imine (C=N–C) groups is 1. The maximum Gasteiger partial charge on any atom is 0.191 e. The van der Waals surface area contributed by atoms with E-state index in [-0.39, 0.29) is 30.1 Å². The smallest absolute Gasteiger partial charge is 0.191 e. The minimum absolute atomic E-state index is 0. The Kier molecular flexibility index (Phi) is 8.18. The summed E-state index contributed by atoms with van der Waals surface area (Å²) in [6.45, 7) is 2.08. The van der Waals surface area contributed by atoms with Gasteiger partial charge in [-0.1, -0.05) is 42.5 Å². The minimum atomic E-state index is 0. The Morgan fingerprint density at radius 3 is 2.54 bits per heavy atom. The molecule has 1 aliphatic rings. The van der Waals surface area contributed by atoms with E-state index < -0.39 is 0 Å². The van der Waals surface area contributed by atoms with E-state index >= 15 is 0 Å². The Morgan fingerprint density at radius 2 is 1.85 bits per heavy atom. The van der Waals surface area contributed by atoms with Crippen molar-refractivity contribution in [2.75, 3.05) is 20.7 Å². The largest absolute Gasteiger partial charge is 0.488 e. The molecule has 5 nitrogen and oxygen atoms in total. The molecule has 0 saturated heterocycles. The summed E-state index contributed by atoms with van der Waals surface area (Å²) in [6.07, 6.45) is 1.07. The van der Waals surface area contributed by atoms with E-state index in [4.69, 9.17) is 9.47 Å². The van der Waals surface area contributed by atoms with E-state index in [0.29, 0.717) is 6.61 Å². The van der Waals surface area contributed by atoms with Gasteiger partial charge in [0.15, 0.2) is 5.96 Å². The van der Waals surface area contributed by atoms with Gasteiger partial charge in [-0.25, -0.2) is 0 Å².